The van der Waals surface area contributed by atoms with Crippen molar-refractivity contribution in [3.8, 4) is 23.2 Å². The summed E-state index contributed by atoms with van der Waals surface area (Å²) in [5.74, 6) is 1.67. The first-order valence-corrected chi connectivity index (χ1v) is 10.6. The van der Waals surface area contributed by atoms with Crippen LogP contribution in [0.5, 0.6) is 5.75 Å². The molecule has 3 aromatic rings. The second kappa shape index (κ2) is 10.5. The summed E-state index contributed by atoms with van der Waals surface area (Å²) in [6.45, 7) is 3.06. The molecule has 0 aliphatic rings. The molecule has 0 aliphatic carbocycles. The molecule has 0 unspecified atom stereocenters. The molecule has 7 nitrogen and oxygen atoms in total. The standard InChI is InChI=1S/C22H23N5O2S/c1-3-26-21(17-10-12-19(29-2)13-11-17)24-25-22(26)30-16-20(28)27(15-7-14-23)18-8-5-4-6-9-18/h4-6,8-13H,3,7,15-16H2,1-2H3. The molecule has 1 heterocycles. The summed E-state index contributed by atoms with van der Waals surface area (Å²) in [6, 6.07) is 19.1. The van der Waals surface area contributed by atoms with Gasteiger partial charge in [0.05, 0.1) is 25.4 Å². The highest BCUT2D eigenvalue weighted by Crippen LogP contribution is 2.26. The maximum Gasteiger partial charge on any atom is 0.237 e. The number of para-hydroxylation sites is 1. The number of hydrogen-bond acceptors (Lipinski definition) is 6. The first kappa shape index (κ1) is 21.4. The van der Waals surface area contributed by atoms with Gasteiger partial charge in [-0.05, 0) is 43.3 Å². The van der Waals surface area contributed by atoms with Crippen LogP contribution in [0.3, 0.4) is 0 Å². The molecule has 0 spiro atoms. The van der Waals surface area contributed by atoms with Gasteiger partial charge in [-0.3, -0.25) is 4.79 Å². The van der Waals surface area contributed by atoms with Crippen LogP contribution in [0, 0.1) is 11.3 Å². The summed E-state index contributed by atoms with van der Waals surface area (Å²) in [5.41, 5.74) is 1.72. The van der Waals surface area contributed by atoms with Crippen molar-refractivity contribution in [3.63, 3.8) is 0 Å². The van der Waals surface area contributed by atoms with Gasteiger partial charge in [-0.1, -0.05) is 30.0 Å². The van der Waals surface area contributed by atoms with E-state index in [0.29, 0.717) is 18.2 Å². The minimum atomic E-state index is -0.0712. The molecule has 8 heteroatoms. The first-order chi connectivity index (χ1) is 14.7. The van der Waals surface area contributed by atoms with Gasteiger partial charge in [-0.15, -0.1) is 10.2 Å². The number of carbonyl (C=O) groups is 1. The molecule has 3 rings (SSSR count). The minimum absolute atomic E-state index is 0.0712. The molecule has 0 N–H and O–H groups in total. The lowest BCUT2D eigenvalue weighted by Crippen LogP contribution is -2.33. The van der Waals surface area contributed by atoms with Gasteiger partial charge in [0.25, 0.3) is 0 Å². The molecular formula is C22H23N5O2S. The summed E-state index contributed by atoms with van der Waals surface area (Å²) < 4.78 is 7.20. The van der Waals surface area contributed by atoms with Crippen molar-refractivity contribution in [2.24, 2.45) is 0 Å². The van der Waals surface area contributed by atoms with Gasteiger partial charge in [-0.25, -0.2) is 0 Å². The molecule has 0 saturated heterocycles. The monoisotopic (exact) mass is 421 g/mol. The molecule has 1 aromatic heterocycles. The summed E-state index contributed by atoms with van der Waals surface area (Å²) in [4.78, 5) is 14.5. The van der Waals surface area contributed by atoms with Gasteiger partial charge in [0.1, 0.15) is 5.75 Å². The number of nitrogens with zero attached hydrogens (tertiary/aromatic N) is 5. The zero-order valence-corrected chi connectivity index (χ0v) is 17.8. The predicted octanol–water partition coefficient (Wildman–Crippen LogP) is 4.01. The van der Waals surface area contributed by atoms with E-state index in [2.05, 4.69) is 16.3 Å². The zero-order valence-electron chi connectivity index (χ0n) is 17.0. The highest BCUT2D eigenvalue weighted by molar-refractivity contribution is 7.99. The van der Waals surface area contributed by atoms with Crippen LogP contribution >= 0.6 is 11.8 Å². The van der Waals surface area contributed by atoms with Crippen LogP contribution in [0.4, 0.5) is 5.69 Å². The van der Waals surface area contributed by atoms with Crippen molar-refractivity contribution < 1.29 is 9.53 Å². The highest BCUT2D eigenvalue weighted by atomic mass is 32.2. The first-order valence-electron chi connectivity index (χ1n) is 9.60. The third-order valence-corrected chi connectivity index (χ3v) is 5.47. The van der Waals surface area contributed by atoms with Gasteiger partial charge in [0, 0.05) is 24.3 Å². The third kappa shape index (κ3) is 4.99. The van der Waals surface area contributed by atoms with Crippen LogP contribution in [-0.4, -0.2) is 40.1 Å². The normalized spacial score (nSPS) is 10.4. The van der Waals surface area contributed by atoms with E-state index in [4.69, 9.17) is 10.00 Å². The van der Waals surface area contributed by atoms with Gasteiger partial charge < -0.3 is 14.2 Å². The Labute approximate surface area is 180 Å². The van der Waals surface area contributed by atoms with Crippen molar-refractivity contribution in [1.29, 1.82) is 5.26 Å². The van der Waals surface area contributed by atoms with Crippen LogP contribution < -0.4 is 9.64 Å². The number of nitriles is 1. The SMILES string of the molecule is CCn1c(SCC(=O)N(CCC#N)c2ccccc2)nnc1-c1ccc(OC)cc1. The Morgan fingerprint density at radius 1 is 1.17 bits per heavy atom. The van der Waals surface area contributed by atoms with E-state index in [1.807, 2.05) is 66.1 Å². The Bertz CT molecular complexity index is 1010. The van der Waals surface area contributed by atoms with Gasteiger partial charge >= 0.3 is 0 Å². The van der Waals surface area contributed by atoms with Crippen LogP contribution in [0.15, 0.2) is 59.8 Å². The van der Waals surface area contributed by atoms with Crippen molar-refractivity contribution in [2.45, 2.75) is 25.0 Å². The van der Waals surface area contributed by atoms with Crippen molar-refractivity contribution in [3.05, 3.63) is 54.6 Å². The molecule has 0 aliphatic heterocycles. The largest absolute Gasteiger partial charge is 0.497 e. The zero-order chi connectivity index (χ0) is 21.3. The third-order valence-electron chi connectivity index (χ3n) is 4.52. The smallest absolute Gasteiger partial charge is 0.237 e. The lowest BCUT2D eigenvalue weighted by Gasteiger charge is -2.21. The predicted molar refractivity (Wildman–Crippen MR) is 117 cm³/mol. The van der Waals surface area contributed by atoms with E-state index < -0.39 is 0 Å². The number of rotatable bonds is 9. The van der Waals surface area contributed by atoms with Crippen LogP contribution in [0.1, 0.15) is 13.3 Å². The Morgan fingerprint density at radius 2 is 1.90 bits per heavy atom. The molecule has 0 radical (unpaired) electrons. The summed E-state index contributed by atoms with van der Waals surface area (Å²) in [7, 11) is 1.63. The van der Waals surface area contributed by atoms with E-state index >= 15 is 0 Å². The Balaban J connectivity index is 1.75. The van der Waals surface area contributed by atoms with Crippen LogP contribution in [0.2, 0.25) is 0 Å². The van der Waals surface area contributed by atoms with Crippen molar-refractivity contribution >= 4 is 23.4 Å². The van der Waals surface area contributed by atoms with E-state index in [0.717, 1.165) is 22.8 Å². The maximum atomic E-state index is 12.9. The second-order valence-electron chi connectivity index (χ2n) is 6.36. The fourth-order valence-corrected chi connectivity index (χ4v) is 3.88. The number of methoxy groups -OCH3 is 1. The summed E-state index contributed by atoms with van der Waals surface area (Å²) in [6.07, 6.45) is 0.276. The quantitative estimate of drug-likeness (QED) is 0.485. The number of anilines is 1. The second-order valence-corrected chi connectivity index (χ2v) is 7.30. The number of benzene rings is 2. The van der Waals surface area contributed by atoms with E-state index in [1.54, 1.807) is 12.0 Å². The van der Waals surface area contributed by atoms with E-state index in [1.165, 1.54) is 11.8 Å². The lowest BCUT2D eigenvalue weighted by atomic mass is 10.2. The number of thioether (sulfide) groups is 1. The number of amides is 1. The van der Waals surface area contributed by atoms with Crippen LogP contribution in [0.25, 0.3) is 11.4 Å². The molecule has 0 saturated carbocycles. The Morgan fingerprint density at radius 3 is 2.53 bits per heavy atom. The molecule has 30 heavy (non-hydrogen) atoms. The highest BCUT2D eigenvalue weighted by Gasteiger charge is 2.19. The molecule has 0 fully saturated rings. The molecular weight excluding hydrogens is 398 g/mol. The molecule has 1 amide bonds. The topological polar surface area (TPSA) is 84.0 Å². The fraction of sp³-hybridized carbons (Fsp3) is 0.273. The molecule has 2 aromatic carbocycles. The van der Waals surface area contributed by atoms with Crippen molar-refractivity contribution in [2.75, 3.05) is 24.3 Å². The number of carbonyl (C=O) groups excluding carboxylic acids is 1. The molecule has 154 valence electrons. The fourth-order valence-electron chi connectivity index (χ4n) is 3.01. The molecule has 0 atom stereocenters. The van der Waals surface area contributed by atoms with Gasteiger partial charge in [0.15, 0.2) is 11.0 Å². The van der Waals surface area contributed by atoms with Crippen molar-refractivity contribution in [1.82, 2.24) is 14.8 Å². The van der Waals surface area contributed by atoms with E-state index in [-0.39, 0.29) is 18.1 Å². The summed E-state index contributed by atoms with van der Waals surface area (Å²) in [5, 5.41) is 18.2. The Kier molecular flexibility index (Phi) is 7.46. The molecule has 0 bridgehead atoms. The average molecular weight is 422 g/mol. The summed E-state index contributed by atoms with van der Waals surface area (Å²) >= 11 is 1.35. The lowest BCUT2D eigenvalue weighted by molar-refractivity contribution is -0.116. The van der Waals surface area contributed by atoms with Gasteiger partial charge in [0.2, 0.25) is 5.91 Å². The Hall–Kier alpha value is -3.31. The number of ether oxygens (including phenoxy) is 1. The van der Waals surface area contributed by atoms with Gasteiger partial charge in [-0.2, -0.15) is 5.26 Å². The maximum absolute atomic E-state index is 12.9. The minimum Gasteiger partial charge on any atom is -0.497 e. The van der Waals surface area contributed by atoms with Crippen LogP contribution in [-0.2, 0) is 11.3 Å². The average Bonchev–Trinajstić information content (AvgIpc) is 3.21. The number of hydrogen-bond donors (Lipinski definition) is 0. The number of aromatic nitrogens is 3. The van der Waals surface area contributed by atoms with E-state index in [9.17, 15) is 4.79 Å².